The second kappa shape index (κ2) is 9.58. The minimum Gasteiger partial charge on any atom is -0.308 e. The first kappa shape index (κ1) is 31.9. The smallest absolute Gasteiger partial charge is 0.0620 e. The summed E-state index contributed by atoms with van der Waals surface area (Å²) in [6.07, 6.45) is 0. The van der Waals surface area contributed by atoms with E-state index in [0.717, 1.165) is 0 Å². The molecule has 260 valence electrons. The summed E-state index contributed by atoms with van der Waals surface area (Å²) in [4.78, 5) is 0. The molecule has 0 spiro atoms. The zero-order valence-electron chi connectivity index (χ0n) is 33.0. The Kier molecular flexibility index (Phi) is 5.87. The maximum atomic E-state index is 2.56. The number of fused-ring (bicyclic) bond motifs is 13. The molecule has 0 saturated carbocycles. The number of nitrogens with zero attached hydrogens (tertiary/aromatic N) is 2. The Balaban J connectivity index is 1.36. The Labute approximate surface area is 306 Å². The topological polar surface area (TPSA) is 8.82 Å². The lowest BCUT2D eigenvalue weighted by molar-refractivity contribution is 0.590. The van der Waals surface area contributed by atoms with Crippen LogP contribution in [0.3, 0.4) is 0 Å². The molecule has 0 aliphatic rings. The third-order valence-electron chi connectivity index (χ3n) is 12.3. The van der Waals surface area contributed by atoms with Crippen molar-refractivity contribution < 1.29 is 0 Å². The van der Waals surface area contributed by atoms with Gasteiger partial charge in [0.25, 0.3) is 0 Å². The van der Waals surface area contributed by atoms with Crippen LogP contribution in [0.2, 0.25) is 0 Å². The summed E-state index contributed by atoms with van der Waals surface area (Å²) in [6, 6.07) is 34.2. The fourth-order valence-electron chi connectivity index (χ4n) is 9.13. The number of aromatic nitrogens is 2. The molecule has 0 amide bonds. The van der Waals surface area contributed by atoms with E-state index in [9.17, 15) is 0 Å². The molecule has 0 aliphatic carbocycles. The van der Waals surface area contributed by atoms with Crippen LogP contribution in [0.1, 0.15) is 105 Å². The molecule has 0 bridgehead atoms. The SMILES string of the molecule is CC(C)(C)c1ccc2c(c1)c1cc(C(C)(C)C)cc3c4cc5cc6c(cc5cc4n2c13)c1cc(C(C)(C)C)cc2c3cc(C(C)(C)C)ccc3n6c21. The summed E-state index contributed by atoms with van der Waals surface area (Å²) in [5, 5.41) is 13.4. The number of benzene rings is 6. The molecular formula is C50H50N2. The maximum Gasteiger partial charge on any atom is 0.0620 e. The standard InChI is InChI=1S/C50H50N2/c1-47(2,3)29-13-15-41-35(21-29)39-25-31(49(7,8)9)23-37-33-17-28-20-44-34(18-27(28)19-43(33)51(41)45(37)39)38-24-32(50(10,11)12)26-40-36-22-30(48(4,5)6)14-16-42(36)52(44)46(38)40/h13-26H,1-12H3. The molecule has 0 aliphatic heterocycles. The Bertz CT molecular complexity index is 2920. The van der Waals surface area contributed by atoms with E-state index in [2.05, 4.69) is 177 Å². The van der Waals surface area contributed by atoms with Crippen LogP contribution in [0.15, 0.2) is 84.9 Å². The van der Waals surface area contributed by atoms with E-state index in [1.54, 1.807) is 0 Å². The molecule has 0 fully saturated rings. The van der Waals surface area contributed by atoms with Gasteiger partial charge in [0.15, 0.2) is 0 Å². The van der Waals surface area contributed by atoms with Gasteiger partial charge >= 0.3 is 0 Å². The fourth-order valence-corrected chi connectivity index (χ4v) is 9.13. The van der Waals surface area contributed by atoms with E-state index in [0.29, 0.717) is 0 Å². The molecule has 0 N–H and O–H groups in total. The fraction of sp³-hybridized carbons (Fsp3) is 0.320. The second-order valence-corrected chi connectivity index (χ2v) is 20.1. The van der Waals surface area contributed by atoms with Gasteiger partial charge in [-0.3, -0.25) is 0 Å². The average Bonchev–Trinajstić information content (AvgIpc) is 3.76. The van der Waals surface area contributed by atoms with Crippen LogP contribution in [-0.4, -0.2) is 8.80 Å². The summed E-state index contributed by atoms with van der Waals surface area (Å²) in [5.74, 6) is 0. The van der Waals surface area contributed by atoms with Crippen LogP contribution in [0, 0.1) is 0 Å². The van der Waals surface area contributed by atoms with E-state index in [-0.39, 0.29) is 21.7 Å². The molecule has 2 heteroatoms. The first-order valence-electron chi connectivity index (χ1n) is 19.2. The van der Waals surface area contributed by atoms with Gasteiger partial charge in [-0.2, -0.15) is 0 Å². The lowest BCUT2D eigenvalue weighted by Crippen LogP contribution is -2.11. The Hall–Kier alpha value is -4.82. The van der Waals surface area contributed by atoms with Crippen molar-refractivity contribution in [2.45, 2.75) is 105 Å². The van der Waals surface area contributed by atoms with Crippen molar-refractivity contribution in [2.24, 2.45) is 0 Å². The first-order chi connectivity index (χ1) is 24.3. The minimum atomic E-state index is 0.0343. The predicted octanol–water partition coefficient (Wildman–Crippen LogP) is 14.3. The van der Waals surface area contributed by atoms with Gasteiger partial charge in [-0.05, 0) is 127 Å². The highest BCUT2D eigenvalue weighted by Crippen LogP contribution is 2.47. The molecule has 4 aromatic heterocycles. The number of hydrogen-bond acceptors (Lipinski definition) is 0. The van der Waals surface area contributed by atoms with Crippen LogP contribution in [0.25, 0.3) is 87.0 Å². The van der Waals surface area contributed by atoms with Gasteiger partial charge in [0, 0.05) is 43.1 Å². The molecule has 0 saturated heterocycles. The van der Waals surface area contributed by atoms with E-state index in [4.69, 9.17) is 0 Å². The highest BCUT2D eigenvalue weighted by molar-refractivity contribution is 6.28. The maximum absolute atomic E-state index is 2.56. The zero-order valence-corrected chi connectivity index (χ0v) is 33.0. The minimum absolute atomic E-state index is 0.0343. The summed E-state index contributed by atoms with van der Waals surface area (Å²) >= 11 is 0. The van der Waals surface area contributed by atoms with Crippen molar-refractivity contribution in [3.05, 3.63) is 107 Å². The Morgan fingerprint density at radius 1 is 0.288 bits per heavy atom. The van der Waals surface area contributed by atoms with Crippen molar-refractivity contribution in [1.82, 2.24) is 8.80 Å². The monoisotopic (exact) mass is 678 g/mol. The molecule has 0 radical (unpaired) electrons. The van der Waals surface area contributed by atoms with Crippen molar-refractivity contribution in [1.29, 1.82) is 0 Å². The predicted molar refractivity (Wildman–Crippen MR) is 228 cm³/mol. The number of rotatable bonds is 0. The van der Waals surface area contributed by atoms with Crippen molar-refractivity contribution >= 4 is 87.0 Å². The molecule has 10 aromatic rings. The zero-order chi connectivity index (χ0) is 36.6. The third-order valence-corrected chi connectivity index (χ3v) is 12.3. The van der Waals surface area contributed by atoms with Gasteiger partial charge in [0.1, 0.15) is 0 Å². The van der Waals surface area contributed by atoms with E-state index in [1.165, 1.54) is 109 Å². The van der Waals surface area contributed by atoms with Crippen LogP contribution < -0.4 is 0 Å². The second-order valence-electron chi connectivity index (χ2n) is 20.1. The van der Waals surface area contributed by atoms with Crippen LogP contribution >= 0.6 is 0 Å². The largest absolute Gasteiger partial charge is 0.308 e. The molecule has 2 nitrogen and oxygen atoms in total. The average molecular weight is 679 g/mol. The molecule has 10 rings (SSSR count). The summed E-state index contributed by atoms with van der Waals surface area (Å²) in [5.41, 5.74) is 13.7. The van der Waals surface area contributed by atoms with Gasteiger partial charge in [-0.25, -0.2) is 0 Å². The normalized spacial score (nSPS) is 14.2. The molecule has 0 unspecified atom stereocenters. The summed E-state index contributed by atoms with van der Waals surface area (Å²) < 4.78 is 5.12. The van der Waals surface area contributed by atoms with Crippen molar-refractivity contribution in [2.75, 3.05) is 0 Å². The first-order valence-corrected chi connectivity index (χ1v) is 19.2. The molecule has 0 atom stereocenters. The van der Waals surface area contributed by atoms with Gasteiger partial charge in [-0.1, -0.05) is 95.2 Å². The highest BCUT2D eigenvalue weighted by atomic mass is 14.9. The van der Waals surface area contributed by atoms with Crippen LogP contribution in [0.4, 0.5) is 0 Å². The summed E-state index contributed by atoms with van der Waals surface area (Å²) in [6.45, 7) is 28.0. The highest BCUT2D eigenvalue weighted by Gasteiger charge is 2.27. The molecule has 6 aromatic carbocycles. The van der Waals surface area contributed by atoms with Gasteiger partial charge < -0.3 is 8.80 Å². The Morgan fingerprint density at radius 3 is 0.885 bits per heavy atom. The third kappa shape index (κ3) is 4.18. The van der Waals surface area contributed by atoms with Crippen LogP contribution in [0.5, 0.6) is 0 Å². The lowest BCUT2D eigenvalue weighted by Gasteiger charge is -2.20. The molecule has 52 heavy (non-hydrogen) atoms. The quantitative estimate of drug-likeness (QED) is 0.151. The Morgan fingerprint density at radius 2 is 0.577 bits per heavy atom. The van der Waals surface area contributed by atoms with Gasteiger partial charge in [0.05, 0.1) is 33.1 Å². The van der Waals surface area contributed by atoms with Crippen molar-refractivity contribution in [3.63, 3.8) is 0 Å². The summed E-state index contributed by atoms with van der Waals surface area (Å²) in [7, 11) is 0. The van der Waals surface area contributed by atoms with Gasteiger partial charge in [-0.15, -0.1) is 0 Å². The van der Waals surface area contributed by atoms with E-state index < -0.39 is 0 Å². The van der Waals surface area contributed by atoms with Gasteiger partial charge in [0.2, 0.25) is 0 Å². The van der Waals surface area contributed by atoms with E-state index in [1.807, 2.05) is 0 Å². The number of hydrogen-bond donors (Lipinski definition) is 0. The van der Waals surface area contributed by atoms with Crippen LogP contribution in [-0.2, 0) is 21.7 Å². The van der Waals surface area contributed by atoms with E-state index >= 15 is 0 Å². The van der Waals surface area contributed by atoms with Crippen molar-refractivity contribution in [3.8, 4) is 0 Å². The molecular weight excluding hydrogens is 629 g/mol. The molecule has 4 heterocycles. The lowest BCUT2D eigenvalue weighted by atomic mass is 9.84.